The number of rotatable bonds is 6. The largest absolute Gasteiger partial charge is 0.377 e. The molecule has 0 amide bonds. The molecule has 0 bridgehead atoms. The fraction of sp³-hybridized carbons (Fsp3) is 0.538. The van der Waals surface area contributed by atoms with Gasteiger partial charge in [-0.1, -0.05) is 0 Å². The second-order valence-corrected chi connectivity index (χ2v) is 5.39. The van der Waals surface area contributed by atoms with E-state index in [1.807, 2.05) is 11.4 Å². The predicted molar refractivity (Wildman–Crippen MR) is 75.7 cm³/mol. The molecule has 2 aromatic heterocycles. The summed E-state index contributed by atoms with van der Waals surface area (Å²) in [6.45, 7) is 2.98. The lowest BCUT2D eigenvalue weighted by molar-refractivity contribution is 0.0206. The molecule has 0 aliphatic carbocycles. The second-order valence-electron chi connectivity index (χ2n) is 4.50. The molecule has 5 nitrogen and oxygen atoms in total. The van der Waals surface area contributed by atoms with Crippen molar-refractivity contribution < 1.29 is 9.47 Å². The minimum Gasteiger partial charge on any atom is -0.377 e. The maximum absolute atomic E-state index is 5.60. The lowest BCUT2D eigenvalue weighted by Gasteiger charge is -2.11. The first kappa shape index (κ1) is 12.8. The van der Waals surface area contributed by atoms with Crippen LogP contribution in [-0.4, -0.2) is 42.4 Å². The highest BCUT2D eigenvalue weighted by Gasteiger charge is 2.14. The van der Waals surface area contributed by atoms with E-state index >= 15 is 0 Å². The molecule has 3 heterocycles. The van der Waals surface area contributed by atoms with E-state index in [1.165, 1.54) is 0 Å². The molecule has 0 saturated carbocycles. The van der Waals surface area contributed by atoms with Gasteiger partial charge < -0.3 is 14.8 Å². The van der Waals surface area contributed by atoms with Crippen LogP contribution in [0.5, 0.6) is 0 Å². The van der Waals surface area contributed by atoms with Crippen molar-refractivity contribution in [1.29, 1.82) is 0 Å². The summed E-state index contributed by atoms with van der Waals surface area (Å²) < 4.78 is 11.1. The molecule has 1 atom stereocenters. The number of thiophene rings is 1. The van der Waals surface area contributed by atoms with E-state index in [1.54, 1.807) is 17.7 Å². The fourth-order valence-electron chi connectivity index (χ4n) is 2.16. The topological polar surface area (TPSA) is 56.3 Å². The maximum atomic E-state index is 5.60. The number of anilines is 1. The zero-order chi connectivity index (χ0) is 12.9. The lowest BCUT2D eigenvalue weighted by atomic mass is 10.2. The van der Waals surface area contributed by atoms with E-state index < -0.39 is 0 Å². The van der Waals surface area contributed by atoms with Crippen molar-refractivity contribution in [2.45, 2.75) is 18.9 Å². The van der Waals surface area contributed by atoms with Gasteiger partial charge in [-0.2, -0.15) is 0 Å². The molecule has 6 heteroatoms. The molecule has 1 saturated heterocycles. The standard InChI is InChI=1S/C13H17N3O2S/c1-2-10(18-5-1)8-17-6-4-14-12-11-3-7-19-13(11)16-9-15-12/h3,7,9-10H,1-2,4-6,8H2,(H,14,15,16). The summed E-state index contributed by atoms with van der Waals surface area (Å²) in [6, 6.07) is 2.04. The molecule has 1 fully saturated rings. The molecule has 102 valence electrons. The molecule has 0 radical (unpaired) electrons. The molecule has 0 spiro atoms. The summed E-state index contributed by atoms with van der Waals surface area (Å²) in [4.78, 5) is 9.49. The Balaban J connectivity index is 1.43. The first-order chi connectivity index (χ1) is 9.43. The first-order valence-electron chi connectivity index (χ1n) is 6.55. The van der Waals surface area contributed by atoms with Crippen LogP contribution >= 0.6 is 11.3 Å². The maximum Gasteiger partial charge on any atom is 0.138 e. The molecular formula is C13H17N3O2S. The van der Waals surface area contributed by atoms with Gasteiger partial charge in [-0.3, -0.25) is 0 Å². The van der Waals surface area contributed by atoms with Gasteiger partial charge in [0.25, 0.3) is 0 Å². The summed E-state index contributed by atoms with van der Waals surface area (Å²) in [5, 5.41) is 6.39. The van der Waals surface area contributed by atoms with E-state index in [-0.39, 0.29) is 0 Å². The summed E-state index contributed by atoms with van der Waals surface area (Å²) in [5.74, 6) is 0.881. The molecule has 1 aliphatic heterocycles. The monoisotopic (exact) mass is 279 g/mol. The van der Waals surface area contributed by atoms with Crippen molar-refractivity contribution in [2.24, 2.45) is 0 Å². The van der Waals surface area contributed by atoms with Crippen molar-refractivity contribution >= 4 is 27.4 Å². The molecular weight excluding hydrogens is 262 g/mol. The molecule has 2 aromatic rings. The number of hydrogen-bond donors (Lipinski definition) is 1. The lowest BCUT2D eigenvalue weighted by Crippen LogP contribution is -2.18. The Bertz CT molecular complexity index is 525. The Hall–Kier alpha value is -1.24. The highest BCUT2D eigenvalue weighted by molar-refractivity contribution is 7.16. The number of fused-ring (bicyclic) bond motifs is 1. The third-order valence-electron chi connectivity index (χ3n) is 3.13. The SMILES string of the molecule is c1nc(NCCOCC2CCCO2)c2ccsc2n1. The van der Waals surface area contributed by atoms with Crippen molar-refractivity contribution in [1.82, 2.24) is 9.97 Å². The van der Waals surface area contributed by atoms with Crippen LogP contribution in [0.1, 0.15) is 12.8 Å². The number of hydrogen-bond acceptors (Lipinski definition) is 6. The van der Waals surface area contributed by atoms with Gasteiger partial charge in [0.1, 0.15) is 17.0 Å². The van der Waals surface area contributed by atoms with Gasteiger partial charge in [0.05, 0.1) is 24.7 Å². The Morgan fingerprint density at radius 3 is 3.37 bits per heavy atom. The van der Waals surface area contributed by atoms with Crippen molar-refractivity contribution in [3.05, 3.63) is 17.8 Å². The van der Waals surface area contributed by atoms with Crippen LogP contribution in [0.15, 0.2) is 17.8 Å². The van der Waals surface area contributed by atoms with Gasteiger partial charge in [-0.25, -0.2) is 9.97 Å². The number of nitrogens with zero attached hydrogens (tertiary/aromatic N) is 2. The van der Waals surface area contributed by atoms with Gasteiger partial charge in [0.15, 0.2) is 0 Å². The zero-order valence-electron chi connectivity index (χ0n) is 10.7. The molecule has 1 N–H and O–H groups in total. The zero-order valence-corrected chi connectivity index (χ0v) is 11.5. The molecule has 1 unspecified atom stereocenters. The summed E-state index contributed by atoms with van der Waals surface area (Å²) in [7, 11) is 0. The summed E-state index contributed by atoms with van der Waals surface area (Å²) in [5.41, 5.74) is 0. The van der Waals surface area contributed by atoms with Gasteiger partial charge in [0.2, 0.25) is 0 Å². The average molecular weight is 279 g/mol. The minimum absolute atomic E-state index is 0.294. The first-order valence-corrected chi connectivity index (χ1v) is 7.43. The van der Waals surface area contributed by atoms with Gasteiger partial charge in [-0.15, -0.1) is 11.3 Å². The molecule has 1 aliphatic rings. The number of ether oxygens (including phenoxy) is 2. The van der Waals surface area contributed by atoms with Crippen molar-refractivity contribution in [3.8, 4) is 0 Å². The predicted octanol–water partition coefficient (Wildman–Crippen LogP) is 2.30. The fourth-order valence-corrected chi connectivity index (χ4v) is 2.90. The van der Waals surface area contributed by atoms with Gasteiger partial charge in [-0.05, 0) is 24.3 Å². The second kappa shape index (κ2) is 6.27. The van der Waals surface area contributed by atoms with Gasteiger partial charge in [0, 0.05) is 13.2 Å². The Kier molecular flexibility index (Phi) is 4.22. The van der Waals surface area contributed by atoms with Crippen LogP contribution < -0.4 is 5.32 Å². The van der Waals surface area contributed by atoms with Crippen LogP contribution in [0, 0.1) is 0 Å². The summed E-state index contributed by atoms with van der Waals surface area (Å²) >= 11 is 1.62. The van der Waals surface area contributed by atoms with E-state index in [0.717, 1.165) is 42.0 Å². The van der Waals surface area contributed by atoms with Gasteiger partial charge >= 0.3 is 0 Å². The number of aromatic nitrogens is 2. The Labute approximate surface area is 116 Å². The van der Waals surface area contributed by atoms with Crippen molar-refractivity contribution in [2.75, 3.05) is 31.7 Å². The van der Waals surface area contributed by atoms with Crippen LogP contribution in [0.3, 0.4) is 0 Å². The van der Waals surface area contributed by atoms with E-state index in [0.29, 0.717) is 19.3 Å². The Morgan fingerprint density at radius 2 is 2.47 bits per heavy atom. The molecule has 0 aromatic carbocycles. The third kappa shape index (κ3) is 3.20. The third-order valence-corrected chi connectivity index (χ3v) is 3.95. The van der Waals surface area contributed by atoms with E-state index in [2.05, 4.69) is 15.3 Å². The minimum atomic E-state index is 0.294. The molecule has 3 rings (SSSR count). The molecule has 19 heavy (non-hydrogen) atoms. The van der Waals surface area contributed by atoms with Crippen LogP contribution in [0.25, 0.3) is 10.2 Å². The van der Waals surface area contributed by atoms with Crippen molar-refractivity contribution in [3.63, 3.8) is 0 Å². The number of nitrogens with one attached hydrogen (secondary N) is 1. The van der Waals surface area contributed by atoms with Crippen LogP contribution in [-0.2, 0) is 9.47 Å². The Morgan fingerprint density at radius 1 is 1.47 bits per heavy atom. The van der Waals surface area contributed by atoms with E-state index in [4.69, 9.17) is 9.47 Å². The average Bonchev–Trinajstić information content (AvgIpc) is 3.09. The highest BCUT2D eigenvalue weighted by atomic mass is 32.1. The normalized spacial score (nSPS) is 19.1. The van der Waals surface area contributed by atoms with Crippen LogP contribution in [0.2, 0.25) is 0 Å². The highest BCUT2D eigenvalue weighted by Crippen LogP contribution is 2.23. The van der Waals surface area contributed by atoms with Crippen LogP contribution in [0.4, 0.5) is 5.82 Å². The quantitative estimate of drug-likeness (QED) is 0.822. The summed E-state index contributed by atoms with van der Waals surface area (Å²) in [6.07, 6.45) is 4.16. The van der Waals surface area contributed by atoms with E-state index in [9.17, 15) is 0 Å². The smallest absolute Gasteiger partial charge is 0.138 e.